The quantitative estimate of drug-likeness (QED) is 0.448. The number of ether oxygens (including phenoxy) is 3. The fraction of sp³-hybridized carbons (Fsp3) is 0.591. The fourth-order valence-electron chi connectivity index (χ4n) is 2.99. The van der Waals surface area contributed by atoms with Crippen LogP contribution in [0.15, 0.2) is 18.2 Å². The molecular formula is C22H34N2O4. The molecule has 0 aliphatic carbocycles. The number of nitrogens with one attached hydrogen (secondary N) is 1. The number of fused-ring (bicyclic) bond motifs is 1. The molecule has 0 bridgehead atoms. The van der Waals surface area contributed by atoms with Crippen molar-refractivity contribution in [2.24, 2.45) is 0 Å². The van der Waals surface area contributed by atoms with Crippen LogP contribution in [0.25, 0.3) is 10.9 Å². The summed E-state index contributed by atoms with van der Waals surface area (Å²) >= 11 is 0. The van der Waals surface area contributed by atoms with Gasteiger partial charge in [-0.05, 0) is 53.3 Å². The molecule has 28 heavy (non-hydrogen) atoms. The molecule has 0 unspecified atom stereocenters. The van der Waals surface area contributed by atoms with Gasteiger partial charge < -0.3 is 24.1 Å². The van der Waals surface area contributed by atoms with Gasteiger partial charge in [0.2, 0.25) is 0 Å². The smallest absolute Gasteiger partial charge is 0.354 e. The molecule has 1 aromatic carbocycles. The van der Waals surface area contributed by atoms with E-state index in [1.165, 1.54) is 0 Å². The molecule has 156 valence electrons. The second-order valence-corrected chi connectivity index (χ2v) is 7.58. The molecule has 0 saturated heterocycles. The van der Waals surface area contributed by atoms with Gasteiger partial charge in [-0.3, -0.25) is 0 Å². The lowest BCUT2D eigenvalue weighted by Gasteiger charge is -2.18. The van der Waals surface area contributed by atoms with Crippen molar-refractivity contribution in [2.75, 3.05) is 27.2 Å². The highest BCUT2D eigenvalue weighted by Gasteiger charge is 2.17. The highest BCUT2D eigenvalue weighted by molar-refractivity contribution is 5.97. The van der Waals surface area contributed by atoms with Crippen LogP contribution in [-0.2, 0) is 4.74 Å². The van der Waals surface area contributed by atoms with Crippen LogP contribution in [0.2, 0.25) is 0 Å². The Bertz CT molecular complexity index is 763. The first kappa shape index (κ1) is 22.1. The zero-order chi connectivity index (χ0) is 20.7. The Kier molecular flexibility index (Phi) is 8.18. The number of hydrogen-bond acceptors (Lipinski definition) is 5. The number of carbonyl (C=O) groups is 1. The first-order valence-corrected chi connectivity index (χ1v) is 10.2. The summed E-state index contributed by atoms with van der Waals surface area (Å²) in [5.74, 6) is 1.09. The summed E-state index contributed by atoms with van der Waals surface area (Å²) in [7, 11) is 4.00. The minimum absolute atomic E-state index is 0.0505. The van der Waals surface area contributed by atoms with E-state index in [9.17, 15) is 4.79 Å². The number of aromatic nitrogens is 1. The summed E-state index contributed by atoms with van der Waals surface area (Å²) in [5.41, 5.74) is 1.23. The van der Waals surface area contributed by atoms with Crippen LogP contribution in [0.3, 0.4) is 0 Å². The summed E-state index contributed by atoms with van der Waals surface area (Å²) in [6.07, 6.45) is 2.80. The monoisotopic (exact) mass is 390 g/mol. The van der Waals surface area contributed by atoms with Crippen LogP contribution in [0.4, 0.5) is 0 Å². The Morgan fingerprint density at radius 1 is 1.11 bits per heavy atom. The molecule has 0 spiro atoms. The summed E-state index contributed by atoms with van der Waals surface area (Å²) in [4.78, 5) is 17.7. The van der Waals surface area contributed by atoms with E-state index in [2.05, 4.69) is 23.7 Å². The van der Waals surface area contributed by atoms with Crippen molar-refractivity contribution in [3.05, 3.63) is 23.9 Å². The summed E-state index contributed by atoms with van der Waals surface area (Å²) in [6, 6.07) is 5.61. The molecule has 2 aromatic rings. The zero-order valence-corrected chi connectivity index (χ0v) is 18.0. The molecule has 1 aromatic heterocycles. The van der Waals surface area contributed by atoms with Gasteiger partial charge in [-0.1, -0.05) is 13.8 Å². The second kappa shape index (κ2) is 10.4. The first-order chi connectivity index (χ1) is 13.3. The van der Waals surface area contributed by atoms with Crippen LogP contribution in [0.1, 0.15) is 57.4 Å². The summed E-state index contributed by atoms with van der Waals surface area (Å²) in [5, 5.41) is 0.864. The largest absolute Gasteiger partial charge is 0.491 e. The van der Waals surface area contributed by atoms with Crippen molar-refractivity contribution in [3.63, 3.8) is 0 Å². The van der Waals surface area contributed by atoms with Crippen molar-refractivity contribution in [1.82, 2.24) is 9.88 Å². The van der Waals surface area contributed by atoms with Gasteiger partial charge in [0.05, 0.1) is 24.3 Å². The highest BCUT2D eigenvalue weighted by atomic mass is 16.5. The van der Waals surface area contributed by atoms with Gasteiger partial charge in [0.15, 0.2) is 0 Å². The normalized spacial score (nSPS) is 11.6. The molecule has 0 saturated carbocycles. The van der Waals surface area contributed by atoms with E-state index in [4.69, 9.17) is 14.2 Å². The number of hydrogen-bond donors (Lipinski definition) is 1. The molecule has 6 heteroatoms. The van der Waals surface area contributed by atoms with Gasteiger partial charge in [-0.2, -0.15) is 0 Å². The fourth-order valence-corrected chi connectivity index (χ4v) is 2.99. The Balaban J connectivity index is 2.26. The maximum Gasteiger partial charge on any atom is 0.354 e. The van der Waals surface area contributed by atoms with Crippen molar-refractivity contribution in [1.29, 1.82) is 0 Å². The molecule has 6 nitrogen and oxygen atoms in total. The third kappa shape index (κ3) is 6.16. The van der Waals surface area contributed by atoms with E-state index < -0.39 is 0 Å². The molecule has 2 rings (SSSR count). The first-order valence-electron chi connectivity index (χ1n) is 10.2. The van der Waals surface area contributed by atoms with Crippen LogP contribution >= 0.6 is 0 Å². The predicted octanol–water partition coefficient (Wildman–Crippen LogP) is 4.63. The molecule has 1 N–H and O–H groups in total. The lowest BCUT2D eigenvalue weighted by molar-refractivity contribution is 0.0487. The van der Waals surface area contributed by atoms with E-state index in [-0.39, 0.29) is 18.2 Å². The van der Waals surface area contributed by atoms with Crippen molar-refractivity contribution < 1.29 is 19.0 Å². The number of esters is 1. The Labute approximate surface area is 168 Å². The maximum atomic E-state index is 12.4. The van der Waals surface area contributed by atoms with Gasteiger partial charge in [-0.25, -0.2) is 4.79 Å². The minimum Gasteiger partial charge on any atom is -0.491 e. The number of aromatic amines is 1. The van der Waals surface area contributed by atoms with Gasteiger partial charge >= 0.3 is 5.97 Å². The Morgan fingerprint density at radius 3 is 2.43 bits per heavy atom. The predicted molar refractivity (Wildman–Crippen MR) is 113 cm³/mol. The maximum absolute atomic E-state index is 12.4. The number of carbonyl (C=O) groups excluding carboxylic acids is 1. The van der Waals surface area contributed by atoms with Gasteiger partial charge in [0, 0.05) is 24.1 Å². The molecule has 0 atom stereocenters. The van der Waals surface area contributed by atoms with Crippen LogP contribution < -0.4 is 9.47 Å². The Morgan fingerprint density at radius 2 is 1.82 bits per heavy atom. The molecule has 1 heterocycles. The lowest BCUT2D eigenvalue weighted by atomic mass is 10.2. The Hall–Kier alpha value is -2.21. The average molecular weight is 391 g/mol. The molecular weight excluding hydrogens is 356 g/mol. The molecule has 0 aliphatic rings. The van der Waals surface area contributed by atoms with Crippen molar-refractivity contribution in [3.8, 4) is 11.5 Å². The standard InChI is InChI=1S/C22H34N2O4/c1-7-16(8-2)28-21-13-17(27-15(3)4)12-19-18(21)14-20(23-19)22(25)26-11-9-10-24(5)6/h12-16,23H,7-11H2,1-6H3. The van der Waals surface area contributed by atoms with Gasteiger partial charge in [0.25, 0.3) is 0 Å². The van der Waals surface area contributed by atoms with Gasteiger partial charge in [-0.15, -0.1) is 0 Å². The number of H-pyrrole nitrogens is 1. The molecule has 0 fully saturated rings. The lowest BCUT2D eigenvalue weighted by Crippen LogP contribution is -2.16. The third-order valence-corrected chi connectivity index (χ3v) is 4.45. The van der Waals surface area contributed by atoms with E-state index in [1.807, 2.05) is 40.1 Å². The number of nitrogens with zero attached hydrogens (tertiary/aromatic N) is 1. The van der Waals surface area contributed by atoms with Crippen molar-refractivity contribution >= 4 is 16.9 Å². The average Bonchev–Trinajstić information content (AvgIpc) is 3.06. The number of rotatable bonds is 11. The van der Waals surface area contributed by atoms with E-state index >= 15 is 0 Å². The molecule has 0 amide bonds. The topological polar surface area (TPSA) is 63.8 Å². The highest BCUT2D eigenvalue weighted by Crippen LogP contribution is 2.34. The van der Waals surface area contributed by atoms with Crippen molar-refractivity contribution in [2.45, 2.75) is 59.2 Å². The SMILES string of the molecule is CCC(CC)Oc1cc(OC(C)C)cc2[nH]c(C(=O)OCCCN(C)C)cc12. The van der Waals surface area contributed by atoms with E-state index in [0.29, 0.717) is 12.3 Å². The van der Waals surface area contributed by atoms with Crippen LogP contribution in [0, 0.1) is 0 Å². The van der Waals surface area contributed by atoms with E-state index in [1.54, 1.807) is 6.07 Å². The summed E-state index contributed by atoms with van der Waals surface area (Å²) < 4.78 is 17.5. The molecule has 0 radical (unpaired) electrons. The van der Waals surface area contributed by atoms with Crippen LogP contribution in [-0.4, -0.2) is 55.3 Å². The van der Waals surface area contributed by atoms with Gasteiger partial charge in [0.1, 0.15) is 17.2 Å². The minimum atomic E-state index is -0.352. The second-order valence-electron chi connectivity index (χ2n) is 7.58. The van der Waals surface area contributed by atoms with E-state index in [0.717, 1.165) is 48.2 Å². The van der Waals surface area contributed by atoms with Crippen LogP contribution in [0.5, 0.6) is 11.5 Å². The number of benzene rings is 1. The summed E-state index contributed by atoms with van der Waals surface area (Å²) in [6.45, 7) is 9.45. The third-order valence-electron chi connectivity index (χ3n) is 4.45. The zero-order valence-electron chi connectivity index (χ0n) is 18.0. The molecule has 0 aliphatic heterocycles.